The Labute approximate surface area is 161 Å². The van der Waals surface area contributed by atoms with Crippen LogP contribution >= 0.6 is 27.3 Å². The van der Waals surface area contributed by atoms with Crippen LogP contribution in [0.25, 0.3) is 0 Å². The minimum absolute atomic E-state index is 0.306. The number of aromatic nitrogens is 2. The molecule has 0 spiro atoms. The first-order valence-corrected chi connectivity index (χ1v) is 9.54. The van der Waals surface area contributed by atoms with Crippen molar-refractivity contribution in [1.29, 1.82) is 0 Å². The Morgan fingerprint density at radius 2 is 1.92 bits per heavy atom. The third-order valence-electron chi connectivity index (χ3n) is 3.72. The summed E-state index contributed by atoms with van der Waals surface area (Å²) in [6.07, 6.45) is 1.45. The maximum atomic E-state index is 12.5. The molecule has 0 aliphatic rings. The molecular weight excluding hydrogens is 418 g/mol. The first-order valence-electron chi connectivity index (χ1n) is 7.87. The summed E-state index contributed by atoms with van der Waals surface area (Å²) >= 11 is 4.87. The van der Waals surface area contributed by atoms with Crippen molar-refractivity contribution < 1.29 is 4.79 Å². The highest BCUT2D eigenvalue weighted by Gasteiger charge is 2.10. The highest BCUT2D eigenvalue weighted by Crippen LogP contribution is 2.19. The van der Waals surface area contributed by atoms with Crippen LogP contribution < -0.4 is 16.6 Å². The number of amides is 1. The van der Waals surface area contributed by atoms with E-state index in [1.807, 2.05) is 41.8 Å². The van der Waals surface area contributed by atoms with Gasteiger partial charge in [0.1, 0.15) is 6.54 Å². The maximum absolute atomic E-state index is 12.5. The largest absolute Gasteiger partial charge is 0.350 e. The number of hydrogen-bond acceptors (Lipinski definition) is 4. The molecule has 3 rings (SSSR count). The highest BCUT2D eigenvalue weighted by atomic mass is 79.9. The van der Waals surface area contributed by atoms with E-state index < -0.39 is 11.2 Å². The van der Waals surface area contributed by atoms with Crippen molar-refractivity contribution in [1.82, 2.24) is 14.5 Å². The fraction of sp³-hybridized carbons (Fsp3) is 0.167. The fourth-order valence-electron chi connectivity index (χ4n) is 2.43. The van der Waals surface area contributed by atoms with Crippen LogP contribution in [-0.2, 0) is 24.4 Å². The molecule has 0 radical (unpaired) electrons. The van der Waals surface area contributed by atoms with Crippen molar-refractivity contribution in [3.8, 4) is 0 Å². The summed E-state index contributed by atoms with van der Waals surface area (Å²) in [5.74, 6) is -0.383. The summed E-state index contributed by atoms with van der Waals surface area (Å²) in [7, 11) is 0. The third-order valence-corrected chi connectivity index (χ3v) is 5.42. The molecule has 0 fully saturated rings. The Balaban J connectivity index is 1.72. The van der Waals surface area contributed by atoms with Crippen LogP contribution in [0.5, 0.6) is 0 Å². The van der Waals surface area contributed by atoms with Gasteiger partial charge >= 0.3 is 5.69 Å². The van der Waals surface area contributed by atoms with E-state index in [0.717, 1.165) is 19.5 Å². The van der Waals surface area contributed by atoms with Crippen LogP contribution in [0.3, 0.4) is 0 Å². The molecule has 0 aliphatic carbocycles. The molecule has 0 saturated carbocycles. The van der Waals surface area contributed by atoms with Crippen molar-refractivity contribution in [2.75, 3.05) is 0 Å². The molecule has 2 heterocycles. The minimum atomic E-state index is -0.504. The molecule has 0 unspecified atom stereocenters. The smallest absolute Gasteiger partial charge is 0.331 e. The molecule has 0 saturated heterocycles. The zero-order valence-corrected chi connectivity index (χ0v) is 16.1. The van der Waals surface area contributed by atoms with Crippen molar-refractivity contribution in [2.24, 2.45) is 0 Å². The van der Waals surface area contributed by atoms with Crippen molar-refractivity contribution in [3.63, 3.8) is 0 Å². The molecule has 1 N–H and O–H groups in total. The summed E-state index contributed by atoms with van der Waals surface area (Å²) in [6.45, 7) is 0.388. The molecule has 8 heteroatoms. The molecule has 6 nitrogen and oxygen atoms in total. The monoisotopic (exact) mass is 433 g/mol. The SMILES string of the molecule is O=C(Cn1c(=O)ccn(Cc2ccccc2)c1=O)NCc1cc(Br)cs1. The van der Waals surface area contributed by atoms with E-state index in [9.17, 15) is 14.4 Å². The number of halogens is 1. The van der Waals surface area contributed by atoms with E-state index in [0.29, 0.717) is 13.1 Å². The minimum Gasteiger partial charge on any atom is -0.350 e. The number of hydrogen-bond donors (Lipinski definition) is 1. The molecule has 0 aliphatic heterocycles. The number of nitrogens with one attached hydrogen (secondary N) is 1. The predicted octanol–water partition coefficient (Wildman–Crippen LogP) is 2.20. The van der Waals surface area contributed by atoms with Crippen LogP contribution in [0.2, 0.25) is 0 Å². The molecule has 26 heavy (non-hydrogen) atoms. The third kappa shape index (κ3) is 4.59. The topological polar surface area (TPSA) is 73.1 Å². The van der Waals surface area contributed by atoms with Crippen LogP contribution in [0, 0.1) is 0 Å². The van der Waals surface area contributed by atoms with Gasteiger partial charge < -0.3 is 5.32 Å². The number of carbonyl (C=O) groups excluding carboxylic acids is 1. The van der Waals surface area contributed by atoms with Gasteiger partial charge in [-0.05, 0) is 27.6 Å². The van der Waals surface area contributed by atoms with Crippen molar-refractivity contribution >= 4 is 33.2 Å². The fourth-order valence-corrected chi connectivity index (χ4v) is 3.83. The van der Waals surface area contributed by atoms with Gasteiger partial charge in [0, 0.05) is 27.0 Å². The zero-order valence-electron chi connectivity index (χ0n) is 13.7. The summed E-state index contributed by atoms with van der Waals surface area (Å²) in [4.78, 5) is 37.7. The van der Waals surface area contributed by atoms with Gasteiger partial charge in [-0.3, -0.25) is 18.7 Å². The Morgan fingerprint density at radius 1 is 1.15 bits per heavy atom. The second-order valence-electron chi connectivity index (χ2n) is 5.64. The Bertz CT molecular complexity index is 1020. The van der Waals surface area contributed by atoms with Crippen LogP contribution in [0.15, 0.2) is 68.1 Å². The van der Waals surface area contributed by atoms with Gasteiger partial charge in [0.2, 0.25) is 5.91 Å². The predicted molar refractivity (Wildman–Crippen MR) is 104 cm³/mol. The number of carbonyl (C=O) groups is 1. The first kappa shape index (κ1) is 18.3. The maximum Gasteiger partial charge on any atom is 0.331 e. The highest BCUT2D eigenvalue weighted by molar-refractivity contribution is 9.10. The lowest BCUT2D eigenvalue weighted by molar-refractivity contribution is -0.121. The second kappa shape index (κ2) is 8.29. The Kier molecular flexibility index (Phi) is 5.85. The van der Waals surface area contributed by atoms with Gasteiger partial charge in [0.05, 0.1) is 13.1 Å². The normalized spacial score (nSPS) is 10.7. The molecule has 3 aromatic rings. The lowest BCUT2D eigenvalue weighted by atomic mass is 10.2. The van der Waals surface area contributed by atoms with Crippen molar-refractivity contribution in [2.45, 2.75) is 19.6 Å². The van der Waals surface area contributed by atoms with E-state index in [4.69, 9.17) is 0 Å². The van der Waals surface area contributed by atoms with Gasteiger partial charge in [-0.1, -0.05) is 30.3 Å². The number of rotatable bonds is 6. The zero-order chi connectivity index (χ0) is 18.5. The molecule has 0 atom stereocenters. The Hall–Kier alpha value is -2.45. The first-order chi connectivity index (χ1) is 12.5. The van der Waals surface area contributed by atoms with Crippen LogP contribution in [-0.4, -0.2) is 15.0 Å². The molecule has 134 valence electrons. The lowest BCUT2D eigenvalue weighted by Crippen LogP contribution is -2.43. The number of nitrogens with zero attached hydrogens (tertiary/aromatic N) is 2. The summed E-state index contributed by atoms with van der Waals surface area (Å²) in [5, 5.41) is 4.65. The standard InChI is InChI=1S/C18H16BrN3O3S/c19-14-8-15(26-12-14)9-20-16(23)11-22-17(24)6-7-21(18(22)25)10-13-4-2-1-3-5-13/h1-8,12H,9-11H2,(H,20,23). The van der Waals surface area contributed by atoms with E-state index in [-0.39, 0.29) is 12.5 Å². The molecule has 1 amide bonds. The Morgan fingerprint density at radius 3 is 2.62 bits per heavy atom. The second-order valence-corrected chi connectivity index (χ2v) is 7.56. The molecule has 0 bridgehead atoms. The summed E-state index contributed by atoms with van der Waals surface area (Å²) < 4.78 is 3.32. The number of benzene rings is 1. The average Bonchev–Trinajstić information content (AvgIpc) is 3.05. The summed E-state index contributed by atoms with van der Waals surface area (Å²) in [6, 6.07) is 12.7. The number of thiophene rings is 1. The van der Waals surface area contributed by atoms with Gasteiger partial charge in [0.25, 0.3) is 5.56 Å². The van der Waals surface area contributed by atoms with E-state index in [1.54, 1.807) is 0 Å². The molecule has 2 aromatic heterocycles. The van der Waals surface area contributed by atoms with E-state index >= 15 is 0 Å². The summed E-state index contributed by atoms with van der Waals surface area (Å²) in [5.41, 5.74) is -0.0591. The van der Waals surface area contributed by atoms with Crippen LogP contribution in [0.1, 0.15) is 10.4 Å². The van der Waals surface area contributed by atoms with Gasteiger partial charge in [-0.15, -0.1) is 11.3 Å². The lowest BCUT2D eigenvalue weighted by Gasteiger charge is -2.10. The average molecular weight is 434 g/mol. The van der Waals surface area contributed by atoms with Gasteiger partial charge in [-0.25, -0.2) is 4.79 Å². The van der Waals surface area contributed by atoms with E-state index in [1.165, 1.54) is 28.2 Å². The van der Waals surface area contributed by atoms with Crippen molar-refractivity contribution in [3.05, 3.63) is 89.8 Å². The van der Waals surface area contributed by atoms with E-state index in [2.05, 4.69) is 21.2 Å². The van der Waals surface area contributed by atoms with Crippen LogP contribution in [0.4, 0.5) is 0 Å². The quantitative estimate of drug-likeness (QED) is 0.647. The van der Waals surface area contributed by atoms with Gasteiger partial charge in [0.15, 0.2) is 0 Å². The molecule has 1 aromatic carbocycles. The van der Waals surface area contributed by atoms with Gasteiger partial charge in [-0.2, -0.15) is 0 Å². The molecular formula is C18H16BrN3O3S.